The first-order valence-corrected chi connectivity index (χ1v) is 4.52. The Hall–Kier alpha value is -0.160. The molecule has 1 heterocycles. The Kier molecular flexibility index (Phi) is 2.97. The molecule has 0 radical (unpaired) electrons. The van der Waals surface area contributed by atoms with Crippen LogP contribution in [0, 0.1) is 0 Å². The van der Waals surface area contributed by atoms with E-state index < -0.39 is 5.79 Å². The van der Waals surface area contributed by atoms with Gasteiger partial charge in [-0.2, -0.15) is 9.78 Å². The Morgan fingerprint density at radius 2 is 2.00 bits per heavy atom. The van der Waals surface area contributed by atoms with Crippen molar-refractivity contribution >= 4 is 0 Å². The molecule has 1 aliphatic heterocycles. The Morgan fingerprint density at radius 3 is 2.38 bits per heavy atom. The summed E-state index contributed by atoms with van der Waals surface area (Å²) in [6.45, 7) is 9.45. The smallest absolute Gasteiger partial charge is 0.230 e. The van der Waals surface area contributed by atoms with Gasteiger partial charge in [-0.15, -0.1) is 0 Å². The molecule has 1 rings (SSSR count). The van der Waals surface area contributed by atoms with Gasteiger partial charge in [-0.1, -0.05) is 0 Å². The SMILES string of the molecule is CC1CC(C)(OOC(C)(C)C)OO1. The molecule has 0 saturated carbocycles. The Morgan fingerprint density at radius 1 is 1.38 bits per heavy atom. The van der Waals surface area contributed by atoms with Crippen molar-refractivity contribution in [1.82, 2.24) is 0 Å². The predicted molar refractivity (Wildman–Crippen MR) is 46.6 cm³/mol. The van der Waals surface area contributed by atoms with E-state index in [1.807, 2.05) is 27.7 Å². The van der Waals surface area contributed by atoms with Crippen molar-refractivity contribution in [2.75, 3.05) is 0 Å². The van der Waals surface area contributed by atoms with Gasteiger partial charge in [0.15, 0.2) is 0 Å². The van der Waals surface area contributed by atoms with Gasteiger partial charge in [0.1, 0.15) is 0 Å². The molecule has 0 spiro atoms. The zero-order valence-electron chi connectivity index (χ0n) is 8.92. The number of hydrogen-bond acceptors (Lipinski definition) is 4. The molecule has 0 N–H and O–H groups in total. The maximum absolute atomic E-state index is 5.18. The summed E-state index contributed by atoms with van der Waals surface area (Å²) in [4.78, 5) is 20.3. The van der Waals surface area contributed by atoms with Crippen molar-refractivity contribution in [3.05, 3.63) is 0 Å². The summed E-state index contributed by atoms with van der Waals surface area (Å²) in [7, 11) is 0. The molecule has 0 bridgehead atoms. The van der Waals surface area contributed by atoms with Crippen LogP contribution >= 0.6 is 0 Å². The van der Waals surface area contributed by atoms with Crippen LogP contribution in [0.3, 0.4) is 0 Å². The third-order valence-corrected chi connectivity index (χ3v) is 1.51. The summed E-state index contributed by atoms with van der Waals surface area (Å²) in [6.07, 6.45) is 0.719. The lowest BCUT2D eigenvalue weighted by Crippen LogP contribution is -2.32. The second-order valence-electron chi connectivity index (χ2n) is 4.61. The Labute approximate surface area is 79.0 Å². The van der Waals surface area contributed by atoms with Crippen LogP contribution in [0.1, 0.15) is 41.0 Å². The van der Waals surface area contributed by atoms with Crippen LogP contribution in [0.5, 0.6) is 0 Å². The molecule has 1 fully saturated rings. The number of hydrogen-bond donors (Lipinski definition) is 0. The van der Waals surface area contributed by atoms with Gasteiger partial charge in [-0.05, 0) is 34.6 Å². The standard InChI is InChI=1S/C9H18O4/c1-7-6-9(5,12-10-7)13-11-8(2,3)4/h7H,6H2,1-5H3. The Balaban J connectivity index is 2.36. The molecule has 78 valence electrons. The van der Waals surface area contributed by atoms with Crippen LogP contribution in [0.2, 0.25) is 0 Å². The van der Waals surface area contributed by atoms with E-state index in [-0.39, 0.29) is 11.7 Å². The van der Waals surface area contributed by atoms with Gasteiger partial charge >= 0.3 is 0 Å². The van der Waals surface area contributed by atoms with Gasteiger partial charge in [0.25, 0.3) is 0 Å². The van der Waals surface area contributed by atoms with Gasteiger partial charge in [0.2, 0.25) is 5.79 Å². The van der Waals surface area contributed by atoms with E-state index in [2.05, 4.69) is 0 Å². The van der Waals surface area contributed by atoms with Crippen LogP contribution in [0.15, 0.2) is 0 Å². The highest BCUT2D eigenvalue weighted by atomic mass is 17.3. The van der Waals surface area contributed by atoms with E-state index in [0.29, 0.717) is 6.42 Å². The third-order valence-electron chi connectivity index (χ3n) is 1.51. The molecule has 1 saturated heterocycles. The van der Waals surface area contributed by atoms with Crippen molar-refractivity contribution in [1.29, 1.82) is 0 Å². The van der Waals surface area contributed by atoms with Crippen LogP contribution in [0.4, 0.5) is 0 Å². The summed E-state index contributed by atoms with van der Waals surface area (Å²) in [6, 6.07) is 0. The van der Waals surface area contributed by atoms with E-state index >= 15 is 0 Å². The zero-order chi connectivity index (χ0) is 10.1. The normalized spacial score (nSPS) is 35.3. The predicted octanol–water partition coefficient (Wildman–Crippen LogP) is 2.19. The molecule has 1 aliphatic rings. The molecule has 2 atom stereocenters. The van der Waals surface area contributed by atoms with E-state index in [0.717, 1.165) is 0 Å². The van der Waals surface area contributed by atoms with Crippen molar-refractivity contribution in [2.45, 2.75) is 58.5 Å². The van der Waals surface area contributed by atoms with E-state index in [9.17, 15) is 0 Å². The first-order valence-electron chi connectivity index (χ1n) is 4.52. The lowest BCUT2D eigenvalue weighted by Gasteiger charge is -2.25. The van der Waals surface area contributed by atoms with Crippen LogP contribution in [-0.4, -0.2) is 17.5 Å². The topological polar surface area (TPSA) is 36.9 Å². The second kappa shape index (κ2) is 3.53. The Bertz CT molecular complexity index is 175. The van der Waals surface area contributed by atoms with Crippen molar-refractivity contribution in [2.24, 2.45) is 0 Å². The van der Waals surface area contributed by atoms with Crippen molar-refractivity contribution < 1.29 is 19.6 Å². The summed E-state index contributed by atoms with van der Waals surface area (Å²) in [5, 5.41) is 0. The highest BCUT2D eigenvalue weighted by Crippen LogP contribution is 2.30. The fraction of sp³-hybridized carbons (Fsp3) is 1.00. The molecule has 0 aromatic heterocycles. The minimum atomic E-state index is -0.771. The highest BCUT2D eigenvalue weighted by Gasteiger charge is 2.39. The summed E-state index contributed by atoms with van der Waals surface area (Å²) in [5.74, 6) is -0.771. The summed E-state index contributed by atoms with van der Waals surface area (Å²) >= 11 is 0. The molecule has 4 nitrogen and oxygen atoms in total. The molecule has 0 aromatic carbocycles. The van der Waals surface area contributed by atoms with Gasteiger partial charge in [-0.25, -0.2) is 9.78 Å². The van der Waals surface area contributed by atoms with E-state index in [1.54, 1.807) is 6.92 Å². The second-order valence-corrected chi connectivity index (χ2v) is 4.61. The van der Waals surface area contributed by atoms with Gasteiger partial charge in [-0.3, -0.25) is 0 Å². The maximum atomic E-state index is 5.18. The lowest BCUT2D eigenvalue weighted by atomic mass is 10.2. The first kappa shape index (κ1) is 10.9. The minimum absolute atomic E-state index is 0.0496. The van der Waals surface area contributed by atoms with Crippen molar-refractivity contribution in [3.8, 4) is 0 Å². The fourth-order valence-electron chi connectivity index (χ4n) is 1.04. The zero-order valence-corrected chi connectivity index (χ0v) is 8.92. The number of rotatable bonds is 2. The molecular formula is C9H18O4. The van der Waals surface area contributed by atoms with E-state index in [1.165, 1.54) is 0 Å². The third kappa shape index (κ3) is 3.60. The van der Waals surface area contributed by atoms with Gasteiger partial charge in [0, 0.05) is 6.42 Å². The van der Waals surface area contributed by atoms with Gasteiger partial charge in [0.05, 0.1) is 11.7 Å². The van der Waals surface area contributed by atoms with Crippen LogP contribution in [0.25, 0.3) is 0 Å². The van der Waals surface area contributed by atoms with Crippen molar-refractivity contribution in [3.63, 3.8) is 0 Å². The summed E-state index contributed by atoms with van der Waals surface area (Å²) < 4.78 is 0. The largest absolute Gasteiger partial charge is 0.233 e. The molecule has 4 heteroatoms. The lowest BCUT2D eigenvalue weighted by molar-refractivity contribution is -0.495. The molecule has 2 unspecified atom stereocenters. The van der Waals surface area contributed by atoms with Gasteiger partial charge < -0.3 is 0 Å². The molecule has 13 heavy (non-hydrogen) atoms. The molecular weight excluding hydrogens is 172 g/mol. The molecule has 0 aromatic rings. The average molecular weight is 190 g/mol. The first-order chi connectivity index (χ1) is 5.81. The molecule has 0 amide bonds. The molecule has 0 aliphatic carbocycles. The fourth-order valence-corrected chi connectivity index (χ4v) is 1.04. The minimum Gasteiger partial charge on any atom is -0.230 e. The van der Waals surface area contributed by atoms with Crippen LogP contribution in [-0.2, 0) is 19.6 Å². The van der Waals surface area contributed by atoms with E-state index in [4.69, 9.17) is 19.6 Å². The monoisotopic (exact) mass is 190 g/mol. The van der Waals surface area contributed by atoms with Crippen LogP contribution < -0.4 is 0 Å². The highest BCUT2D eigenvalue weighted by molar-refractivity contribution is 4.69. The maximum Gasteiger partial charge on any atom is 0.233 e. The average Bonchev–Trinajstić information content (AvgIpc) is 2.27. The quantitative estimate of drug-likeness (QED) is 0.494. The summed E-state index contributed by atoms with van der Waals surface area (Å²) in [5.41, 5.74) is -0.335.